The molecule has 1 aliphatic heterocycles. The van der Waals surface area contributed by atoms with Crippen LogP contribution >= 0.6 is 11.6 Å². The Hall–Kier alpha value is -1.64. The molecular formula is C12H13ClN2O5S. The van der Waals surface area contributed by atoms with Crippen molar-refractivity contribution in [1.29, 1.82) is 0 Å². The first kappa shape index (κ1) is 15.7. The van der Waals surface area contributed by atoms with Crippen LogP contribution in [0.5, 0.6) is 0 Å². The normalized spacial score (nSPS) is 19.0. The molecule has 1 aliphatic rings. The highest BCUT2D eigenvalue weighted by Crippen LogP contribution is 2.31. The van der Waals surface area contributed by atoms with Crippen LogP contribution in [0.3, 0.4) is 0 Å². The van der Waals surface area contributed by atoms with E-state index in [0.717, 1.165) is 0 Å². The molecule has 2 rings (SSSR count). The summed E-state index contributed by atoms with van der Waals surface area (Å²) in [6.45, 7) is 0.0931. The van der Waals surface area contributed by atoms with Crippen molar-refractivity contribution >= 4 is 39.2 Å². The fourth-order valence-electron chi connectivity index (χ4n) is 2.36. The van der Waals surface area contributed by atoms with Crippen LogP contribution in [-0.2, 0) is 14.8 Å². The van der Waals surface area contributed by atoms with E-state index >= 15 is 0 Å². The first-order chi connectivity index (χ1) is 9.67. The molecule has 3 N–H and O–H groups in total. The van der Waals surface area contributed by atoms with E-state index in [9.17, 15) is 18.0 Å². The molecule has 1 unspecified atom stereocenters. The van der Waals surface area contributed by atoms with Gasteiger partial charge < -0.3 is 10.0 Å². The van der Waals surface area contributed by atoms with Crippen LogP contribution in [0.25, 0.3) is 0 Å². The van der Waals surface area contributed by atoms with E-state index in [0.29, 0.717) is 0 Å². The summed E-state index contributed by atoms with van der Waals surface area (Å²) in [5, 5.41) is 14.4. The number of benzene rings is 1. The largest absolute Gasteiger partial charge is 0.478 e. The number of hydrogen-bond acceptors (Lipinski definition) is 4. The fraction of sp³-hybridized carbons (Fsp3) is 0.333. The number of nitrogens with zero attached hydrogens (tertiary/aromatic N) is 1. The van der Waals surface area contributed by atoms with Crippen LogP contribution < -0.4 is 10.0 Å². The van der Waals surface area contributed by atoms with Crippen LogP contribution in [0.4, 0.5) is 5.69 Å². The van der Waals surface area contributed by atoms with E-state index in [-0.39, 0.29) is 40.9 Å². The van der Waals surface area contributed by atoms with Gasteiger partial charge in [0.25, 0.3) is 0 Å². The smallest absolute Gasteiger partial charge is 0.337 e. The van der Waals surface area contributed by atoms with Crippen LogP contribution in [0, 0.1) is 5.92 Å². The van der Waals surface area contributed by atoms with Crippen molar-refractivity contribution in [2.24, 2.45) is 11.1 Å². The summed E-state index contributed by atoms with van der Waals surface area (Å²) in [6, 6.07) is 4.10. The van der Waals surface area contributed by atoms with Gasteiger partial charge in [0, 0.05) is 23.9 Å². The second-order valence-corrected chi connectivity index (χ2v) is 6.97. The summed E-state index contributed by atoms with van der Waals surface area (Å²) in [5.41, 5.74) is 0.0981. The van der Waals surface area contributed by atoms with Crippen LogP contribution in [-0.4, -0.2) is 37.7 Å². The van der Waals surface area contributed by atoms with E-state index in [1.807, 2.05) is 0 Å². The minimum Gasteiger partial charge on any atom is -0.478 e. The maximum Gasteiger partial charge on any atom is 0.337 e. The molecule has 1 amide bonds. The summed E-state index contributed by atoms with van der Waals surface area (Å²) < 4.78 is 22.2. The molecule has 114 valence electrons. The molecule has 0 aromatic heterocycles. The highest BCUT2D eigenvalue weighted by Gasteiger charge is 2.34. The molecule has 0 radical (unpaired) electrons. The van der Waals surface area contributed by atoms with Crippen molar-refractivity contribution in [3.05, 3.63) is 28.8 Å². The van der Waals surface area contributed by atoms with E-state index < -0.39 is 21.9 Å². The first-order valence-electron chi connectivity index (χ1n) is 6.01. The third-order valence-corrected chi connectivity index (χ3v) is 4.33. The quantitative estimate of drug-likeness (QED) is 0.840. The maximum atomic E-state index is 12.0. The lowest BCUT2D eigenvalue weighted by atomic mass is 10.1. The van der Waals surface area contributed by atoms with E-state index in [2.05, 4.69) is 0 Å². The van der Waals surface area contributed by atoms with Gasteiger partial charge in [-0.25, -0.2) is 18.4 Å². The molecule has 1 heterocycles. The Morgan fingerprint density at radius 3 is 2.71 bits per heavy atom. The molecule has 1 saturated heterocycles. The van der Waals surface area contributed by atoms with Gasteiger partial charge in [-0.05, 0) is 18.2 Å². The summed E-state index contributed by atoms with van der Waals surface area (Å²) in [5.74, 6) is -2.33. The zero-order valence-corrected chi connectivity index (χ0v) is 12.4. The maximum absolute atomic E-state index is 12.0. The molecule has 0 aliphatic carbocycles. The van der Waals surface area contributed by atoms with Crippen LogP contribution in [0.1, 0.15) is 16.8 Å². The standard InChI is InChI=1S/C12H13ClN2O5S/c13-8-1-2-9(12(17)18)10(4-8)15-5-7(3-11(15)16)6-21(14,19)20/h1-2,4,7H,3,5-6H2,(H,17,18)(H2,14,19,20). The van der Waals surface area contributed by atoms with Crippen molar-refractivity contribution in [1.82, 2.24) is 0 Å². The monoisotopic (exact) mass is 332 g/mol. The van der Waals surface area contributed by atoms with Gasteiger partial charge in [-0.15, -0.1) is 0 Å². The second kappa shape index (κ2) is 5.63. The lowest BCUT2D eigenvalue weighted by Gasteiger charge is -2.19. The average Bonchev–Trinajstić information content (AvgIpc) is 2.66. The third-order valence-electron chi connectivity index (χ3n) is 3.15. The summed E-state index contributed by atoms with van der Waals surface area (Å²) >= 11 is 5.84. The second-order valence-electron chi connectivity index (χ2n) is 4.87. The SMILES string of the molecule is NS(=O)(=O)CC1CC(=O)N(c2cc(Cl)ccc2C(=O)O)C1. The van der Waals surface area contributed by atoms with Crippen molar-refractivity contribution < 1.29 is 23.1 Å². The van der Waals surface area contributed by atoms with Gasteiger partial charge >= 0.3 is 5.97 Å². The Kier molecular flexibility index (Phi) is 4.22. The number of carbonyl (C=O) groups is 2. The number of nitrogens with two attached hydrogens (primary N) is 1. The molecule has 0 bridgehead atoms. The molecule has 9 heteroatoms. The highest BCUT2D eigenvalue weighted by atomic mass is 35.5. The number of aromatic carboxylic acids is 1. The number of rotatable bonds is 4. The highest BCUT2D eigenvalue weighted by molar-refractivity contribution is 7.89. The number of amides is 1. The summed E-state index contributed by atoms with van der Waals surface area (Å²) in [7, 11) is -3.69. The van der Waals surface area contributed by atoms with Crippen molar-refractivity contribution in [2.75, 3.05) is 17.2 Å². The van der Waals surface area contributed by atoms with E-state index in [1.54, 1.807) is 0 Å². The minimum atomic E-state index is -3.69. The van der Waals surface area contributed by atoms with E-state index in [1.165, 1.54) is 23.1 Å². The van der Waals surface area contributed by atoms with Gasteiger partial charge in [-0.1, -0.05) is 11.6 Å². The molecule has 7 nitrogen and oxygen atoms in total. The Morgan fingerprint density at radius 1 is 1.48 bits per heavy atom. The lowest BCUT2D eigenvalue weighted by Crippen LogP contribution is -2.28. The Labute approximate surface area is 126 Å². The zero-order valence-electron chi connectivity index (χ0n) is 10.8. The number of carboxylic acid groups (broad SMARTS) is 1. The Bertz CT molecular complexity index is 704. The molecule has 1 fully saturated rings. The predicted octanol–water partition coefficient (Wildman–Crippen LogP) is 0.680. The first-order valence-corrected chi connectivity index (χ1v) is 8.10. The summed E-state index contributed by atoms with van der Waals surface area (Å²) in [6.07, 6.45) is 0.00199. The zero-order chi connectivity index (χ0) is 15.8. The number of sulfonamides is 1. The molecule has 21 heavy (non-hydrogen) atoms. The van der Waals surface area contributed by atoms with Gasteiger partial charge in [0.15, 0.2) is 0 Å². The average molecular weight is 333 g/mol. The summed E-state index contributed by atoms with van der Waals surface area (Å²) in [4.78, 5) is 24.5. The molecule has 0 saturated carbocycles. The van der Waals surface area contributed by atoms with Gasteiger partial charge in [0.1, 0.15) is 0 Å². The van der Waals surface area contributed by atoms with Gasteiger partial charge in [0.05, 0.1) is 17.0 Å². The van der Waals surface area contributed by atoms with Crippen LogP contribution in [0.15, 0.2) is 18.2 Å². The number of carboxylic acids is 1. The number of anilines is 1. The molecular weight excluding hydrogens is 320 g/mol. The third kappa shape index (κ3) is 3.72. The topological polar surface area (TPSA) is 118 Å². The number of primary sulfonamides is 1. The molecule has 1 aromatic carbocycles. The van der Waals surface area contributed by atoms with Crippen molar-refractivity contribution in [3.63, 3.8) is 0 Å². The van der Waals surface area contributed by atoms with E-state index in [4.69, 9.17) is 21.8 Å². The number of hydrogen-bond donors (Lipinski definition) is 2. The fourth-order valence-corrected chi connectivity index (χ4v) is 3.41. The molecule has 0 spiro atoms. The molecule has 1 aromatic rings. The Balaban J connectivity index is 2.33. The number of carbonyl (C=O) groups excluding carboxylic acids is 1. The molecule has 1 atom stereocenters. The van der Waals surface area contributed by atoms with Gasteiger partial charge in [0.2, 0.25) is 15.9 Å². The Morgan fingerprint density at radius 2 is 2.14 bits per heavy atom. The van der Waals surface area contributed by atoms with Crippen LogP contribution in [0.2, 0.25) is 5.02 Å². The van der Waals surface area contributed by atoms with Crippen molar-refractivity contribution in [3.8, 4) is 0 Å². The minimum absolute atomic E-state index is 0.00199. The predicted molar refractivity (Wildman–Crippen MR) is 76.8 cm³/mol. The number of halogens is 1. The lowest BCUT2D eigenvalue weighted by molar-refractivity contribution is -0.117. The van der Waals surface area contributed by atoms with Gasteiger partial charge in [-0.3, -0.25) is 4.79 Å². The van der Waals surface area contributed by atoms with Gasteiger partial charge in [-0.2, -0.15) is 0 Å². The van der Waals surface area contributed by atoms with Crippen molar-refractivity contribution in [2.45, 2.75) is 6.42 Å².